The molecular weight excluding hydrogens is 346 g/mol. The molecule has 0 atom stereocenters. The molecule has 0 aliphatic rings. The summed E-state index contributed by atoms with van der Waals surface area (Å²) in [6.07, 6.45) is 0. The maximum atomic E-state index is 6.24. The van der Waals surface area contributed by atoms with Crippen molar-refractivity contribution in [1.29, 1.82) is 0 Å². The maximum absolute atomic E-state index is 6.24. The molecule has 0 aliphatic carbocycles. The summed E-state index contributed by atoms with van der Waals surface area (Å²) in [5, 5.41) is 12.7. The van der Waals surface area contributed by atoms with Crippen molar-refractivity contribution in [3.63, 3.8) is 0 Å². The Labute approximate surface area is 149 Å². The van der Waals surface area contributed by atoms with Crippen LogP contribution in [-0.4, -0.2) is 14.8 Å². The zero-order valence-corrected chi connectivity index (χ0v) is 15.7. The van der Waals surface area contributed by atoms with E-state index in [1.807, 2.05) is 18.2 Å². The van der Waals surface area contributed by atoms with Crippen molar-refractivity contribution in [2.24, 2.45) is 0 Å². The molecule has 3 rings (SSSR count). The van der Waals surface area contributed by atoms with Crippen molar-refractivity contribution in [3.8, 4) is 11.4 Å². The first-order valence-electron chi connectivity index (χ1n) is 7.43. The van der Waals surface area contributed by atoms with Gasteiger partial charge >= 0.3 is 0 Å². The summed E-state index contributed by atoms with van der Waals surface area (Å²) in [5.74, 6) is 1.72. The number of hydrogen-bond acceptors (Lipinski definition) is 4. The van der Waals surface area contributed by atoms with Crippen LogP contribution in [0.1, 0.15) is 30.3 Å². The van der Waals surface area contributed by atoms with E-state index in [0.717, 1.165) is 32.9 Å². The first-order chi connectivity index (χ1) is 11.1. The second-order valence-electron chi connectivity index (χ2n) is 5.60. The normalized spacial score (nSPS) is 11.3. The Kier molecular flexibility index (Phi) is 5.09. The van der Waals surface area contributed by atoms with Gasteiger partial charge in [0.2, 0.25) is 0 Å². The number of thiophene rings is 1. The predicted molar refractivity (Wildman–Crippen MR) is 99.5 cm³/mol. The van der Waals surface area contributed by atoms with Crippen LogP contribution >= 0.6 is 34.7 Å². The van der Waals surface area contributed by atoms with E-state index < -0.39 is 0 Å². The molecule has 2 aromatic heterocycles. The molecule has 2 heterocycles. The first-order valence-corrected chi connectivity index (χ1v) is 9.67. The molecule has 0 bridgehead atoms. The van der Waals surface area contributed by atoms with Gasteiger partial charge in [-0.2, -0.15) is 0 Å². The minimum absolute atomic E-state index is 0.300. The predicted octanol–water partition coefficient (Wildman–Crippen LogP) is 5.84. The van der Waals surface area contributed by atoms with Crippen molar-refractivity contribution < 1.29 is 0 Å². The standard InChI is InChI=1S/C17H18ClN3S2/c1-11(2)21-16(14-8-12(3)22-10-14)19-20-17(21)23-9-13-6-4-5-7-15(13)18/h4-8,10-11H,9H2,1-3H3. The van der Waals surface area contributed by atoms with E-state index in [1.165, 1.54) is 4.88 Å². The Morgan fingerprint density at radius 1 is 1.26 bits per heavy atom. The Morgan fingerprint density at radius 3 is 2.70 bits per heavy atom. The number of hydrogen-bond donors (Lipinski definition) is 0. The topological polar surface area (TPSA) is 30.7 Å². The summed E-state index contributed by atoms with van der Waals surface area (Å²) < 4.78 is 2.20. The summed E-state index contributed by atoms with van der Waals surface area (Å²) in [5.41, 5.74) is 2.25. The minimum atomic E-state index is 0.300. The third-order valence-electron chi connectivity index (χ3n) is 3.48. The van der Waals surface area contributed by atoms with E-state index in [0.29, 0.717) is 6.04 Å². The molecule has 0 amide bonds. The van der Waals surface area contributed by atoms with Crippen LogP contribution < -0.4 is 0 Å². The van der Waals surface area contributed by atoms with Crippen LogP contribution in [0, 0.1) is 6.92 Å². The molecule has 1 aromatic carbocycles. The zero-order chi connectivity index (χ0) is 16.4. The SMILES string of the molecule is Cc1cc(-c2nnc(SCc3ccccc3Cl)n2C(C)C)cs1. The van der Waals surface area contributed by atoms with Crippen LogP contribution in [0.25, 0.3) is 11.4 Å². The molecule has 3 nitrogen and oxygen atoms in total. The van der Waals surface area contributed by atoms with Crippen molar-refractivity contribution in [2.45, 2.75) is 37.7 Å². The van der Waals surface area contributed by atoms with Gasteiger partial charge in [-0.05, 0) is 38.5 Å². The van der Waals surface area contributed by atoms with Gasteiger partial charge in [-0.3, -0.25) is 4.57 Å². The van der Waals surface area contributed by atoms with Crippen LogP contribution in [0.5, 0.6) is 0 Å². The fourth-order valence-electron chi connectivity index (χ4n) is 2.36. The molecular formula is C17H18ClN3S2. The Bertz CT molecular complexity index is 808. The van der Waals surface area contributed by atoms with Gasteiger partial charge in [-0.1, -0.05) is 41.6 Å². The molecule has 0 radical (unpaired) electrons. The van der Waals surface area contributed by atoms with Crippen LogP contribution in [0.2, 0.25) is 5.02 Å². The van der Waals surface area contributed by atoms with Crippen LogP contribution in [0.4, 0.5) is 0 Å². The van der Waals surface area contributed by atoms with Gasteiger partial charge in [-0.25, -0.2) is 0 Å². The zero-order valence-electron chi connectivity index (χ0n) is 13.3. The summed E-state index contributed by atoms with van der Waals surface area (Å²) >= 11 is 9.65. The van der Waals surface area contributed by atoms with E-state index in [-0.39, 0.29) is 0 Å². The molecule has 0 aliphatic heterocycles. The maximum Gasteiger partial charge on any atom is 0.192 e. The van der Waals surface area contributed by atoms with E-state index >= 15 is 0 Å². The number of aromatic nitrogens is 3. The highest BCUT2D eigenvalue weighted by Crippen LogP contribution is 2.32. The largest absolute Gasteiger partial charge is 0.299 e. The van der Waals surface area contributed by atoms with Gasteiger partial charge in [0.25, 0.3) is 0 Å². The highest BCUT2D eigenvalue weighted by Gasteiger charge is 2.17. The van der Waals surface area contributed by atoms with Gasteiger partial charge < -0.3 is 0 Å². The van der Waals surface area contributed by atoms with Crippen molar-refractivity contribution in [1.82, 2.24) is 14.8 Å². The van der Waals surface area contributed by atoms with Gasteiger partial charge in [0.05, 0.1) is 0 Å². The fourth-order valence-corrected chi connectivity index (χ4v) is 4.39. The highest BCUT2D eigenvalue weighted by molar-refractivity contribution is 7.98. The van der Waals surface area contributed by atoms with Gasteiger partial charge in [-0.15, -0.1) is 21.5 Å². The molecule has 0 saturated heterocycles. The minimum Gasteiger partial charge on any atom is -0.299 e. The molecule has 0 spiro atoms. The lowest BCUT2D eigenvalue weighted by Crippen LogP contribution is -2.04. The van der Waals surface area contributed by atoms with Crippen LogP contribution in [0.15, 0.2) is 40.9 Å². The highest BCUT2D eigenvalue weighted by atomic mass is 35.5. The third kappa shape index (κ3) is 3.62. The molecule has 120 valence electrons. The monoisotopic (exact) mass is 363 g/mol. The molecule has 0 saturated carbocycles. The van der Waals surface area contributed by atoms with Gasteiger partial charge in [0.15, 0.2) is 11.0 Å². The number of rotatable bonds is 5. The third-order valence-corrected chi connectivity index (χ3v) is 5.71. The first kappa shape index (κ1) is 16.6. The number of aryl methyl sites for hydroxylation is 1. The summed E-state index contributed by atoms with van der Waals surface area (Å²) in [6, 6.07) is 10.4. The summed E-state index contributed by atoms with van der Waals surface area (Å²) in [6.45, 7) is 6.43. The van der Waals surface area contributed by atoms with Crippen LogP contribution in [0.3, 0.4) is 0 Å². The lowest BCUT2D eigenvalue weighted by molar-refractivity contribution is 0.555. The Balaban J connectivity index is 1.88. The number of nitrogens with zero attached hydrogens (tertiary/aromatic N) is 3. The fraction of sp³-hybridized carbons (Fsp3) is 0.294. The van der Waals surface area contributed by atoms with Crippen molar-refractivity contribution in [3.05, 3.63) is 51.2 Å². The Morgan fingerprint density at radius 2 is 2.04 bits per heavy atom. The molecule has 23 heavy (non-hydrogen) atoms. The summed E-state index contributed by atoms with van der Waals surface area (Å²) in [4.78, 5) is 1.28. The van der Waals surface area contributed by atoms with Crippen molar-refractivity contribution >= 4 is 34.7 Å². The van der Waals surface area contributed by atoms with E-state index in [4.69, 9.17) is 11.6 Å². The van der Waals surface area contributed by atoms with E-state index in [2.05, 4.69) is 53.0 Å². The average Bonchev–Trinajstić information content (AvgIpc) is 3.12. The molecule has 3 aromatic rings. The molecule has 0 unspecified atom stereocenters. The van der Waals surface area contributed by atoms with E-state index in [1.54, 1.807) is 23.1 Å². The van der Waals surface area contributed by atoms with Crippen LogP contribution in [-0.2, 0) is 5.75 Å². The second kappa shape index (κ2) is 7.07. The summed E-state index contributed by atoms with van der Waals surface area (Å²) in [7, 11) is 0. The molecule has 0 fully saturated rings. The van der Waals surface area contributed by atoms with Gasteiger partial charge in [0, 0.05) is 32.6 Å². The smallest absolute Gasteiger partial charge is 0.192 e. The van der Waals surface area contributed by atoms with E-state index in [9.17, 15) is 0 Å². The lowest BCUT2D eigenvalue weighted by Gasteiger charge is -2.13. The number of thioether (sulfide) groups is 1. The second-order valence-corrected chi connectivity index (χ2v) is 8.06. The quantitative estimate of drug-likeness (QED) is 0.533. The lowest BCUT2D eigenvalue weighted by atomic mass is 10.2. The van der Waals surface area contributed by atoms with Crippen molar-refractivity contribution in [2.75, 3.05) is 0 Å². The average molecular weight is 364 g/mol. The number of benzene rings is 1. The molecule has 0 N–H and O–H groups in total. The molecule has 6 heteroatoms. The number of halogens is 1. The Hall–Kier alpha value is -1.30. The van der Waals surface area contributed by atoms with Gasteiger partial charge in [0.1, 0.15) is 0 Å².